The number of rotatable bonds is 5. The van der Waals surface area contributed by atoms with Crippen molar-refractivity contribution in [3.8, 4) is 0 Å². The van der Waals surface area contributed by atoms with Crippen LogP contribution in [0, 0.1) is 0 Å². The van der Waals surface area contributed by atoms with E-state index in [4.69, 9.17) is 5.73 Å². The van der Waals surface area contributed by atoms with Crippen molar-refractivity contribution in [3.05, 3.63) is 6.07 Å². The first kappa shape index (κ1) is 14.0. The number of nitrogens with one attached hydrogen (secondary N) is 2. The maximum absolute atomic E-state index is 11.8. The predicted octanol–water partition coefficient (Wildman–Crippen LogP) is 0.0499. The third kappa shape index (κ3) is 2.95. The summed E-state index contributed by atoms with van der Waals surface area (Å²) >= 11 is 0. The summed E-state index contributed by atoms with van der Waals surface area (Å²) < 4.78 is 0. The second-order valence-electron chi connectivity index (χ2n) is 4.62. The van der Waals surface area contributed by atoms with Crippen molar-refractivity contribution in [2.75, 3.05) is 30.0 Å². The van der Waals surface area contributed by atoms with E-state index < -0.39 is 6.04 Å². The van der Waals surface area contributed by atoms with Crippen LogP contribution < -0.4 is 16.4 Å². The van der Waals surface area contributed by atoms with Gasteiger partial charge in [-0.1, -0.05) is 6.92 Å². The van der Waals surface area contributed by atoms with Crippen molar-refractivity contribution in [1.82, 2.24) is 14.9 Å². The van der Waals surface area contributed by atoms with E-state index in [2.05, 4.69) is 20.6 Å². The zero-order valence-electron chi connectivity index (χ0n) is 11.5. The zero-order chi connectivity index (χ0) is 14.7. The fraction of sp³-hybridized carbons (Fsp3) is 0.500. The van der Waals surface area contributed by atoms with Crippen molar-refractivity contribution in [1.29, 1.82) is 0 Å². The van der Waals surface area contributed by atoms with Gasteiger partial charge in [-0.2, -0.15) is 9.97 Å². The Bertz CT molecular complexity index is 533. The summed E-state index contributed by atoms with van der Waals surface area (Å²) in [5, 5.41) is 6.02. The minimum Gasteiger partial charge on any atom is -0.370 e. The Balaban J connectivity index is 2.11. The molecule has 1 fully saturated rings. The van der Waals surface area contributed by atoms with E-state index in [1.54, 1.807) is 6.07 Å². The summed E-state index contributed by atoms with van der Waals surface area (Å²) in [7, 11) is 1.47. The molecule has 108 valence electrons. The van der Waals surface area contributed by atoms with E-state index in [9.17, 15) is 9.59 Å². The van der Waals surface area contributed by atoms with Crippen LogP contribution in [0.15, 0.2) is 6.07 Å². The number of carbonyl (C=O) groups excluding carboxylic acids is 2. The van der Waals surface area contributed by atoms with Gasteiger partial charge in [-0.25, -0.2) is 0 Å². The molecule has 0 aliphatic carbocycles. The van der Waals surface area contributed by atoms with Gasteiger partial charge in [0.15, 0.2) is 0 Å². The summed E-state index contributed by atoms with van der Waals surface area (Å²) in [6.45, 7) is 2.80. The number of hydrogen-bond donors (Lipinski definition) is 3. The highest BCUT2D eigenvalue weighted by Gasteiger charge is 2.36. The van der Waals surface area contributed by atoms with Crippen LogP contribution in [0.25, 0.3) is 0 Å². The van der Waals surface area contributed by atoms with Crippen molar-refractivity contribution in [3.63, 3.8) is 0 Å². The van der Waals surface area contributed by atoms with Crippen LogP contribution in [-0.4, -0.2) is 46.3 Å². The number of imide groups is 1. The van der Waals surface area contributed by atoms with Gasteiger partial charge >= 0.3 is 0 Å². The first-order valence-electron chi connectivity index (χ1n) is 6.46. The number of aromatic nitrogens is 2. The minimum atomic E-state index is -0.596. The molecule has 1 aliphatic heterocycles. The van der Waals surface area contributed by atoms with Crippen molar-refractivity contribution in [2.24, 2.45) is 0 Å². The number of amides is 2. The number of nitrogen functional groups attached to an aromatic ring is 1. The summed E-state index contributed by atoms with van der Waals surface area (Å²) in [5.41, 5.74) is 5.63. The Kier molecular flexibility index (Phi) is 4.02. The molecular weight excluding hydrogens is 260 g/mol. The molecule has 1 aromatic heterocycles. The highest BCUT2D eigenvalue weighted by Crippen LogP contribution is 2.18. The molecule has 0 aromatic carbocycles. The lowest BCUT2D eigenvalue weighted by Gasteiger charge is -2.13. The van der Waals surface area contributed by atoms with E-state index in [0.29, 0.717) is 11.6 Å². The molecule has 1 aliphatic rings. The fourth-order valence-corrected chi connectivity index (χ4v) is 1.93. The van der Waals surface area contributed by atoms with Gasteiger partial charge in [-0.05, 0) is 6.42 Å². The highest BCUT2D eigenvalue weighted by atomic mass is 16.2. The van der Waals surface area contributed by atoms with E-state index in [1.165, 1.54) is 7.05 Å². The predicted molar refractivity (Wildman–Crippen MR) is 75.0 cm³/mol. The van der Waals surface area contributed by atoms with Crippen LogP contribution in [0.5, 0.6) is 0 Å². The molecule has 1 aromatic rings. The molecule has 2 heterocycles. The average Bonchev–Trinajstić information content (AvgIpc) is 2.63. The second kappa shape index (κ2) is 5.72. The number of carbonyl (C=O) groups is 2. The van der Waals surface area contributed by atoms with Gasteiger partial charge in [-0.15, -0.1) is 0 Å². The molecule has 0 spiro atoms. The Morgan fingerprint density at radius 3 is 2.70 bits per heavy atom. The Hall–Kier alpha value is -2.38. The first-order valence-corrected chi connectivity index (χ1v) is 6.46. The lowest BCUT2D eigenvalue weighted by Crippen LogP contribution is -2.32. The van der Waals surface area contributed by atoms with Crippen LogP contribution in [0.3, 0.4) is 0 Å². The Labute approximate surface area is 116 Å². The molecule has 8 heteroatoms. The lowest BCUT2D eigenvalue weighted by molar-refractivity contribution is -0.136. The van der Waals surface area contributed by atoms with Crippen LogP contribution in [-0.2, 0) is 9.59 Å². The average molecular weight is 278 g/mol. The van der Waals surface area contributed by atoms with Gasteiger partial charge in [0.25, 0.3) is 5.91 Å². The quantitative estimate of drug-likeness (QED) is 0.652. The number of likely N-dealkylation sites (tertiary alicyclic amines) is 1. The minimum absolute atomic E-state index is 0.110. The summed E-state index contributed by atoms with van der Waals surface area (Å²) in [6.07, 6.45) is 1.07. The van der Waals surface area contributed by atoms with E-state index >= 15 is 0 Å². The van der Waals surface area contributed by atoms with Crippen LogP contribution in [0.2, 0.25) is 0 Å². The van der Waals surface area contributed by atoms with E-state index in [-0.39, 0.29) is 24.2 Å². The molecule has 0 saturated carbocycles. The van der Waals surface area contributed by atoms with Crippen molar-refractivity contribution >= 4 is 29.4 Å². The third-order valence-corrected chi connectivity index (χ3v) is 3.00. The van der Waals surface area contributed by atoms with Gasteiger partial charge in [0.05, 0.1) is 6.42 Å². The molecule has 1 unspecified atom stereocenters. The molecule has 1 atom stereocenters. The fourth-order valence-electron chi connectivity index (χ4n) is 1.93. The molecule has 8 nitrogen and oxygen atoms in total. The SMILES string of the molecule is CCCNc1cc(NC2CC(=O)N(C)C2=O)nc(N)n1. The topological polar surface area (TPSA) is 113 Å². The molecule has 2 rings (SSSR count). The normalized spacial score (nSPS) is 18.5. The summed E-state index contributed by atoms with van der Waals surface area (Å²) in [6, 6.07) is 1.07. The molecule has 4 N–H and O–H groups in total. The van der Waals surface area contributed by atoms with Gasteiger partial charge in [0.1, 0.15) is 17.7 Å². The van der Waals surface area contributed by atoms with Crippen LogP contribution >= 0.6 is 0 Å². The molecule has 1 saturated heterocycles. The summed E-state index contributed by atoms with van der Waals surface area (Å²) in [5.74, 6) is 0.650. The van der Waals surface area contributed by atoms with Crippen molar-refractivity contribution in [2.45, 2.75) is 25.8 Å². The molecule has 0 radical (unpaired) electrons. The number of hydrogen-bond acceptors (Lipinski definition) is 7. The smallest absolute Gasteiger partial charge is 0.251 e. The number of nitrogens with two attached hydrogens (primary N) is 1. The number of likely N-dealkylation sites (N-methyl/N-ethyl adjacent to an activating group) is 1. The van der Waals surface area contributed by atoms with Crippen molar-refractivity contribution < 1.29 is 9.59 Å². The Morgan fingerprint density at radius 1 is 1.40 bits per heavy atom. The maximum atomic E-state index is 11.8. The summed E-state index contributed by atoms with van der Waals surface area (Å²) in [4.78, 5) is 32.5. The van der Waals surface area contributed by atoms with Crippen LogP contribution in [0.4, 0.5) is 17.6 Å². The van der Waals surface area contributed by atoms with Gasteiger partial charge in [-0.3, -0.25) is 14.5 Å². The molecule has 2 amide bonds. The molecular formula is C12H18N6O2. The number of anilines is 3. The van der Waals surface area contributed by atoms with E-state index in [0.717, 1.165) is 17.9 Å². The third-order valence-electron chi connectivity index (χ3n) is 3.00. The van der Waals surface area contributed by atoms with Gasteiger partial charge in [0.2, 0.25) is 11.9 Å². The zero-order valence-corrected chi connectivity index (χ0v) is 11.5. The highest BCUT2D eigenvalue weighted by molar-refractivity contribution is 6.06. The monoisotopic (exact) mass is 278 g/mol. The first-order chi connectivity index (χ1) is 9.51. The van der Waals surface area contributed by atoms with E-state index in [1.807, 2.05) is 6.92 Å². The largest absolute Gasteiger partial charge is 0.370 e. The standard InChI is InChI=1S/C12H18N6O2/c1-3-4-14-8-6-9(17-12(13)16-8)15-7-5-10(19)18(2)11(7)20/h6-7H,3-5H2,1-2H3,(H4,13,14,15,16,17). The van der Waals surface area contributed by atoms with Gasteiger partial charge < -0.3 is 16.4 Å². The number of nitrogens with zero attached hydrogens (tertiary/aromatic N) is 3. The molecule has 0 bridgehead atoms. The van der Waals surface area contributed by atoms with Gasteiger partial charge in [0, 0.05) is 19.7 Å². The van der Waals surface area contributed by atoms with Crippen LogP contribution in [0.1, 0.15) is 19.8 Å². The lowest BCUT2D eigenvalue weighted by atomic mass is 10.2. The Morgan fingerprint density at radius 2 is 2.10 bits per heavy atom. The molecule has 20 heavy (non-hydrogen) atoms. The maximum Gasteiger partial charge on any atom is 0.251 e. The second-order valence-corrected chi connectivity index (χ2v) is 4.62.